The molecule has 0 aromatic heterocycles. The van der Waals surface area contributed by atoms with Gasteiger partial charge in [-0.15, -0.1) is 0 Å². The van der Waals surface area contributed by atoms with Crippen LogP contribution in [0.1, 0.15) is 50.8 Å². The summed E-state index contributed by atoms with van der Waals surface area (Å²) >= 11 is 0. The normalized spacial score (nSPS) is 32.6. The number of rotatable bonds is 1. The number of hydrogen-bond acceptors (Lipinski definition) is 1. The molecular weight excluding hydrogens is 206 g/mol. The molecule has 1 aromatic carbocycles. The van der Waals surface area contributed by atoms with E-state index in [2.05, 4.69) is 49.9 Å². The van der Waals surface area contributed by atoms with Gasteiger partial charge in [0.05, 0.1) is 0 Å². The summed E-state index contributed by atoms with van der Waals surface area (Å²) in [4.78, 5) is 2.72. The molecule has 0 saturated carbocycles. The molecule has 1 saturated heterocycles. The van der Waals surface area contributed by atoms with E-state index in [-0.39, 0.29) is 0 Å². The first kappa shape index (κ1) is 11.3. The van der Waals surface area contributed by atoms with E-state index in [0.717, 1.165) is 0 Å². The van der Waals surface area contributed by atoms with E-state index < -0.39 is 0 Å². The third-order valence-corrected chi connectivity index (χ3v) is 4.76. The van der Waals surface area contributed by atoms with Crippen molar-refractivity contribution in [1.82, 2.24) is 4.90 Å². The average Bonchev–Trinajstić information content (AvgIpc) is 2.60. The summed E-state index contributed by atoms with van der Waals surface area (Å²) in [5.74, 6) is 0. The van der Waals surface area contributed by atoms with Gasteiger partial charge in [-0.05, 0) is 56.2 Å². The molecule has 0 spiro atoms. The molecule has 3 rings (SSSR count). The smallest absolute Gasteiger partial charge is 0.0410 e. The molecule has 1 fully saturated rings. The summed E-state index contributed by atoms with van der Waals surface area (Å²) in [6, 6.07) is 10.4. The van der Waals surface area contributed by atoms with Crippen molar-refractivity contribution in [2.75, 3.05) is 6.54 Å². The van der Waals surface area contributed by atoms with Gasteiger partial charge in [0.1, 0.15) is 0 Å². The van der Waals surface area contributed by atoms with Gasteiger partial charge >= 0.3 is 0 Å². The maximum Gasteiger partial charge on any atom is 0.0410 e. The molecule has 2 aliphatic rings. The first-order chi connectivity index (χ1) is 8.12. The molecule has 1 nitrogen and oxygen atoms in total. The molecule has 0 amide bonds. The van der Waals surface area contributed by atoms with Crippen molar-refractivity contribution in [2.45, 2.75) is 52.1 Å². The van der Waals surface area contributed by atoms with Crippen LogP contribution in [0.3, 0.4) is 0 Å². The van der Waals surface area contributed by atoms with Crippen molar-refractivity contribution in [3.8, 4) is 0 Å². The Bertz CT molecular complexity index is 423. The zero-order valence-corrected chi connectivity index (χ0v) is 11.2. The molecule has 17 heavy (non-hydrogen) atoms. The maximum atomic E-state index is 2.72. The summed E-state index contributed by atoms with van der Waals surface area (Å²) in [6.07, 6.45) is 4.02. The minimum Gasteiger partial charge on any atom is -0.293 e. The molecule has 1 heterocycles. The summed E-state index contributed by atoms with van der Waals surface area (Å²) in [5, 5.41) is 0. The minimum absolute atomic E-state index is 0.478. The zero-order valence-electron chi connectivity index (χ0n) is 11.2. The number of nitrogens with zero attached hydrogens (tertiary/aromatic N) is 1. The fourth-order valence-electron chi connectivity index (χ4n) is 4.02. The third kappa shape index (κ3) is 1.63. The van der Waals surface area contributed by atoms with Gasteiger partial charge in [-0.25, -0.2) is 0 Å². The number of piperidine rings is 1. The van der Waals surface area contributed by atoms with Crippen LogP contribution in [0.5, 0.6) is 0 Å². The second kappa shape index (κ2) is 3.84. The highest BCUT2D eigenvalue weighted by molar-refractivity contribution is 5.38. The predicted molar refractivity (Wildman–Crippen MR) is 72.1 cm³/mol. The Morgan fingerprint density at radius 1 is 1.29 bits per heavy atom. The van der Waals surface area contributed by atoms with Gasteiger partial charge < -0.3 is 0 Å². The quantitative estimate of drug-likeness (QED) is 0.708. The standard InChI is InChI=1S/C16H23N/c1-12(2)17-10-6-9-16(3)11-13-7-4-5-8-14(13)15(16)17/h4-5,7-8,12,15H,6,9-11H2,1-3H3/t15-,16+/m0/s1. The summed E-state index contributed by atoms with van der Waals surface area (Å²) < 4.78 is 0. The Balaban J connectivity index is 2.06. The van der Waals surface area contributed by atoms with E-state index >= 15 is 0 Å². The van der Waals surface area contributed by atoms with E-state index in [4.69, 9.17) is 0 Å². The molecule has 0 bridgehead atoms. The van der Waals surface area contributed by atoms with E-state index in [0.29, 0.717) is 17.5 Å². The molecular formula is C16H23N. The van der Waals surface area contributed by atoms with Gasteiger partial charge in [-0.1, -0.05) is 31.2 Å². The minimum atomic E-state index is 0.478. The van der Waals surface area contributed by atoms with Crippen molar-refractivity contribution in [1.29, 1.82) is 0 Å². The van der Waals surface area contributed by atoms with E-state index in [1.807, 2.05) is 0 Å². The van der Waals surface area contributed by atoms with Crippen LogP contribution in [-0.2, 0) is 6.42 Å². The van der Waals surface area contributed by atoms with Crippen LogP contribution in [0.4, 0.5) is 0 Å². The van der Waals surface area contributed by atoms with Crippen molar-refractivity contribution >= 4 is 0 Å². The molecule has 2 atom stereocenters. The van der Waals surface area contributed by atoms with Crippen LogP contribution >= 0.6 is 0 Å². The van der Waals surface area contributed by atoms with Crippen molar-refractivity contribution < 1.29 is 0 Å². The first-order valence-corrected chi connectivity index (χ1v) is 6.95. The van der Waals surface area contributed by atoms with Gasteiger partial charge in [0.25, 0.3) is 0 Å². The van der Waals surface area contributed by atoms with Gasteiger partial charge in [0.2, 0.25) is 0 Å². The maximum absolute atomic E-state index is 2.72. The number of likely N-dealkylation sites (tertiary alicyclic amines) is 1. The highest BCUT2D eigenvalue weighted by Gasteiger charge is 2.47. The molecule has 1 aromatic rings. The van der Waals surface area contributed by atoms with Crippen LogP contribution < -0.4 is 0 Å². The van der Waals surface area contributed by atoms with Crippen molar-refractivity contribution in [2.24, 2.45) is 5.41 Å². The van der Waals surface area contributed by atoms with Crippen LogP contribution in [-0.4, -0.2) is 17.5 Å². The molecule has 0 N–H and O–H groups in total. The Hall–Kier alpha value is -0.820. The summed E-state index contributed by atoms with van der Waals surface area (Å²) in [5.41, 5.74) is 3.67. The second-order valence-corrected chi connectivity index (χ2v) is 6.37. The van der Waals surface area contributed by atoms with Crippen LogP contribution in [0, 0.1) is 5.41 Å². The second-order valence-electron chi connectivity index (χ2n) is 6.37. The van der Waals surface area contributed by atoms with Crippen molar-refractivity contribution in [3.63, 3.8) is 0 Å². The number of fused-ring (bicyclic) bond motifs is 3. The molecule has 0 unspecified atom stereocenters. The highest BCUT2D eigenvalue weighted by Crippen LogP contribution is 2.54. The number of benzene rings is 1. The Kier molecular flexibility index (Phi) is 2.55. The summed E-state index contributed by atoms with van der Waals surface area (Å²) in [6.45, 7) is 8.44. The molecule has 92 valence electrons. The Labute approximate surface area is 105 Å². The lowest BCUT2D eigenvalue weighted by Gasteiger charge is -2.47. The predicted octanol–water partition coefficient (Wildman–Crippen LogP) is 3.79. The lowest BCUT2D eigenvalue weighted by molar-refractivity contribution is 0.0158. The highest BCUT2D eigenvalue weighted by atomic mass is 15.2. The SMILES string of the molecule is CC(C)N1CCC[C@]2(C)Cc3ccccc3[C@H]12. The third-order valence-electron chi connectivity index (χ3n) is 4.76. The van der Waals surface area contributed by atoms with Crippen molar-refractivity contribution in [3.05, 3.63) is 35.4 Å². The molecule has 1 heteroatoms. The van der Waals surface area contributed by atoms with Gasteiger partial charge in [0.15, 0.2) is 0 Å². The van der Waals surface area contributed by atoms with E-state index in [1.165, 1.54) is 25.8 Å². The average molecular weight is 229 g/mol. The van der Waals surface area contributed by atoms with E-state index in [1.54, 1.807) is 11.1 Å². The Morgan fingerprint density at radius 3 is 2.82 bits per heavy atom. The van der Waals surface area contributed by atoms with Gasteiger partial charge in [-0.2, -0.15) is 0 Å². The monoisotopic (exact) mass is 229 g/mol. The van der Waals surface area contributed by atoms with Crippen LogP contribution in [0.2, 0.25) is 0 Å². The Morgan fingerprint density at radius 2 is 2.06 bits per heavy atom. The lowest BCUT2D eigenvalue weighted by atomic mass is 9.75. The fourth-order valence-corrected chi connectivity index (χ4v) is 4.02. The van der Waals surface area contributed by atoms with Gasteiger partial charge in [-0.3, -0.25) is 4.90 Å². The molecule has 0 radical (unpaired) electrons. The lowest BCUT2D eigenvalue weighted by Crippen LogP contribution is -2.45. The van der Waals surface area contributed by atoms with Crippen LogP contribution in [0.15, 0.2) is 24.3 Å². The summed E-state index contributed by atoms with van der Waals surface area (Å²) in [7, 11) is 0. The number of hydrogen-bond donors (Lipinski definition) is 0. The molecule has 1 aliphatic heterocycles. The van der Waals surface area contributed by atoms with Crippen LogP contribution in [0.25, 0.3) is 0 Å². The van der Waals surface area contributed by atoms with E-state index in [9.17, 15) is 0 Å². The van der Waals surface area contributed by atoms with Gasteiger partial charge in [0, 0.05) is 12.1 Å². The molecule has 1 aliphatic carbocycles. The largest absolute Gasteiger partial charge is 0.293 e. The fraction of sp³-hybridized carbons (Fsp3) is 0.625. The topological polar surface area (TPSA) is 3.24 Å². The zero-order chi connectivity index (χ0) is 12.0. The first-order valence-electron chi connectivity index (χ1n) is 6.95.